The van der Waals surface area contributed by atoms with E-state index in [0.29, 0.717) is 17.2 Å². The molecule has 1 N–H and O–H groups in total. The van der Waals surface area contributed by atoms with Gasteiger partial charge in [-0.1, -0.05) is 72.3 Å². The minimum absolute atomic E-state index is 0.143. The zero-order valence-corrected chi connectivity index (χ0v) is 18.5. The molecule has 0 bridgehead atoms. The van der Waals surface area contributed by atoms with Crippen LogP contribution in [0.2, 0.25) is 0 Å². The molecule has 0 unspecified atom stereocenters. The molecule has 0 aliphatic rings. The SMILES string of the molecule is Cc1cccc(-c2ncc(C(=O)N[C@@H](C)c3ccccc3)c(N(C)c3ccccc3)n2)c1. The third kappa shape index (κ3) is 4.67. The Morgan fingerprint density at radius 2 is 1.62 bits per heavy atom. The topological polar surface area (TPSA) is 58.1 Å². The summed E-state index contributed by atoms with van der Waals surface area (Å²) in [6.45, 7) is 4.00. The van der Waals surface area contributed by atoms with Gasteiger partial charge >= 0.3 is 0 Å². The van der Waals surface area contributed by atoms with E-state index in [4.69, 9.17) is 4.98 Å². The van der Waals surface area contributed by atoms with Crippen LogP contribution in [0, 0.1) is 6.92 Å². The number of aryl methyl sites for hydroxylation is 1. The van der Waals surface area contributed by atoms with Crippen LogP contribution in [-0.4, -0.2) is 22.9 Å². The van der Waals surface area contributed by atoms with Gasteiger partial charge in [-0.15, -0.1) is 0 Å². The van der Waals surface area contributed by atoms with Crippen molar-refractivity contribution in [2.45, 2.75) is 19.9 Å². The number of nitrogens with one attached hydrogen (secondary N) is 1. The Balaban J connectivity index is 1.73. The van der Waals surface area contributed by atoms with Crippen LogP contribution < -0.4 is 10.2 Å². The van der Waals surface area contributed by atoms with E-state index in [1.807, 2.05) is 111 Å². The molecule has 1 atom stereocenters. The Labute approximate surface area is 188 Å². The third-order valence-electron chi connectivity index (χ3n) is 5.40. The number of aromatic nitrogens is 2. The molecule has 5 heteroatoms. The van der Waals surface area contributed by atoms with Crippen LogP contribution in [0.25, 0.3) is 11.4 Å². The summed E-state index contributed by atoms with van der Waals surface area (Å²) in [5, 5.41) is 3.08. The smallest absolute Gasteiger partial charge is 0.257 e. The van der Waals surface area contributed by atoms with Crippen molar-refractivity contribution < 1.29 is 4.79 Å². The average molecular weight is 423 g/mol. The summed E-state index contributed by atoms with van der Waals surface area (Å²) < 4.78 is 0. The maximum Gasteiger partial charge on any atom is 0.257 e. The first-order chi connectivity index (χ1) is 15.5. The lowest BCUT2D eigenvalue weighted by Gasteiger charge is -2.22. The third-order valence-corrected chi connectivity index (χ3v) is 5.40. The zero-order valence-electron chi connectivity index (χ0n) is 18.5. The summed E-state index contributed by atoms with van der Waals surface area (Å²) in [4.78, 5) is 24.5. The standard InChI is InChI=1S/C27H26N4O/c1-19-11-10-14-22(17-19)25-28-18-24(26(30-25)31(3)23-15-8-5-9-16-23)27(32)29-20(2)21-12-6-4-7-13-21/h4-18,20H,1-3H3,(H,29,32)/t20-/m0/s1. The van der Waals surface area contributed by atoms with Crippen molar-refractivity contribution in [1.29, 1.82) is 0 Å². The van der Waals surface area contributed by atoms with Crippen molar-refractivity contribution in [3.8, 4) is 11.4 Å². The first-order valence-corrected chi connectivity index (χ1v) is 10.6. The van der Waals surface area contributed by atoms with E-state index in [2.05, 4.69) is 10.3 Å². The molecule has 1 amide bonds. The first-order valence-electron chi connectivity index (χ1n) is 10.6. The fourth-order valence-corrected chi connectivity index (χ4v) is 3.59. The van der Waals surface area contributed by atoms with Crippen molar-refractivity contribution >= 4 is 17.4 Å². The molecule has 4 aromatic rings. The molecular formula is C27H26N4O. The highest BCUT2D eigenvalue weighted by molar-refractivity contribution is 5.99. The highest BCUT2D eigenvalue weighted by atomic mass is 16.1. The van der Waals surface area contributed by atoms with E-state index >= 15 is 0 Å². The average Bonchev–Trinajstić information content (AvgIpc) is 2.84. The van der Waals surface area contributed by atoms with Gasteiger partial charge in [0.1, 0.15) is 11.4 Å². The number of hydrogen-bond donors (Lipinski definition) is 1. The molecule has 0 saturated carbocycles. The van der Waals surface area contributed by atoms with E-state index in [9.17, 15) is 4.79 Å². The molecule has 0 aliphatic carbocycles. The number of carbonyl (C=O) groups is 1. The van der Waals surface area contributed by atoms with Gasteiger partial charge in [0.25, 0.3) is 5.91 Å². The Morgan fingerprint density at radius 1 is 0.938 bits per heavy atom. The molecular weight excluding hydrogens is 396 g/mol. The first kappa shape index (κ1) is 21.2. The van der Waals surface area contributed by atoms with Crippen LogP contribution in [0.4, 0.5) is 11.5 Å². The molecule has 0 aliphatic heterocycles. The summed E-state index contributed by atoms with van der Waals surface area (Å²) in [5.41, 5.74) is 4.44. The molecule has 0 radical (unpaired) electrons. The van der Waals surface area contributed by atoms with E-state index < -0.39 is 0 Å². The fraction of sp³-hybridized carbons (Fsp3) is 0.148. The molecule has 32 heavy (non-hydrogen) atoms. The monoisotopic (exact) mass is 422 g/mol. The van der Waals surface area contributed by atoms with Gasteiger partial charge in [0.05, 0.1) is 6.04 Å². The largest absolute Gasteiger partial charge is 0.345 e. The molecule has 0 fully saturated rings. The van der Waals surface area contributed by atoms with E-state index in [0.717, 1.165) is 22.4 Å². The van der Waals surface area contributed by atoms with Gasteiger partial charge in [-0.2, -0.15) is 0 Å². The fourth-order valence-electron chi connectivity index (χ4n) is 3.59. The van der Waals surface area contributed by atoms with Crippen LogP contribution in [0.15, 0.2) is 91.1 Å². The normalized spacial score (nSPS) is 11.6. The Bertz CT molecular complexity index is 1210. The maximum absolute atomic E-state index is 13.3. The van der Waals surface area contributed by atoms with Gasteiger partial charge in [-0.25, -0.2) is 9.97 Å². The van der Waals surface area contributed by atoms with Crippen LogP contribution in [0.5, 0.6) is 0 Å². The second kappa shape index (κ2) is 9.43. The number of amides is 1. The summed E-state index contributed by atoms with van der Waals surface area (Å²) >= 11 is 0. The second-order valence-corrected chi connectivity index (χ2v) is 7.80. The van der Waals surface area contributed by atoms with Crippen molar-refractivity contribution in [3.63, 3.8) is 0 Å². The molecule has 4 rings (SSSR count). The minimum atomic E-state index is -0.213. The van der Waals surface area contributed by atoms with Crippen molar-refractivity contribution in [3.05, 3.63) is 108 Å². The second-order valence-electron chi connectivity index (χ2n) is 7.80. The van der Waals surface area contributed by atoms with Gasteiger partial charge < -0.3 is 10.2 Å². The van der Waals surface area contributed by atoms with Gasteiger partial charge in [0.2, 0.25) is 0 Å². The predicted molar refractivity (Wildman–Crippen MR) is 129 cm³/mol. The number of rotatable bonds is 6. The summed E-state index contributed by atoms with van der Waals surface area (Å²) in [7, 11) is 1.91. The number of anilines is 2. The summed E-state index contributed by atoms with van der Waals surface area (Å²) in [6, 6.07) is 27.7. The molecule has 1 aromatic heterocycles. The lowest BCUT2D eigenvalue weighted by atomic mass is 10.1. The molecule has 0 saturated heterocycles. The predicted octanol–water partition coefficient (Wildman–Crippen LogP) is 5.71. The summed E-state index contributed by atoms with van der Waals surface area (Å²) in [6.07, 6.45) is 1.62. The van der Waals surface area contributed by atoms with Gasteiger partial charge in [-0.3, -0.25) is 4.79 Å². The highest BCUT2D eigenvalue weighted by Crippen LogP contribution is 2.28. The Morgan fingerprint density at radius 3 is 2.31 bits per heavy atom. The lowest BCUT2D eigenvalue weighted by molar-refractivity contribution is 0.0940. The molecule has 3 aromatic carbocycles. The van der Waals surface area contributed by atoms with Crippen molar-refractivity contribution in [2.75, 3.05) is 11.9 Å². The Hall–Kier alpha value is -3.99. The number of nitrogens with zero attached hydrogens (tertiary/aromatic N) is 3. The zero-order chi connectivity index (χ0) is 22.5. The number of benzene rings is 3. The van der Waals surface area contributed by atoms with E-state index in [1.54, 1.807) is 6.20 Å². The van der Waals surface area contributed by atoms with Crippen LogP contribution in [0.3, 0.4) is 0 Å². The van der Waals surface area contributed by atoms with Gasteiger partial charge in [0.15, 0.2) is 5.82 Å². The highest BCUT2D eigenvalue weighted by Gasteiger charge is 2.21. The molecule has 160 valence electrons. The van der Waals surface area contributed by atoms with Gasteiger partial charge in [0, 0.05) is 24.5 Å². The number of carbonyl (C=O) groups excluding carboxylic acids is 1. The molecule has 5 nitrogen and oxygen atoms in total. The van der Waals surface area contributed by atoms with E-state index in [1.165, 1.54) is 0 Å². The molecule has 1 heterocycles. The van der Waals surface area contributed by atoms with E-state index in [-0.39, 0.29) is 11.9 Å². The lowest BCUT2D eigenvalue weighted by Crippen LogP contribution is -2.29. The quantitative estimate of drug-likeness (QED) is 0.432. The van der Waals surface area contributed by atoms with Gasteiger partial charge in [-0.05, 0) is 37.6 Å². The number of para-hydroxylation sites is 1. The van der Waals surface area contributed by atoms with Crippen LogP contribution in [0.1, 0.15) is 34.5 Å². The van der Waals surface area contributed by atoms with Crippen molar-refractivity contribution in [2.24, 2.45) is 0 Å². The maximum atomic E-state index is 13.3. The van der Waals surface area contributed by atoms with Crippen LogP contribution in [-0.2, 0) is 0 Å². The summed E-state index contributed by atoms with van der Waals surface area (Å²) in [5.74, 6) is 0.925. The van der Waals surface area contributed by atoms with Crippen molar-refractivity contribution in [1.82, 2.24) is 15.3 Å². The molecule has 0 spiro atoms. The number of hydrogen-bond acceptors (Lipinski definition) is 4. The van der Waals surface area contributed by atoms with Crippen LogP contribution >= 0.6 is 0 Å². The Kier molecular flexibility index (Phi) is 6.26. The minimum Gasteiger partial charge on any atom is -0.345 e.